The molecule has 0 fully saturated rings. The molecule has 0 bridgehead atoms. The third kappa shape index (κ3) is 41.4. The van der Waals surface area contributed by atoms with Gasteiger partial charge >= 0.3 is 17.9 Å². The Labute approximate surface area is 329 Å². The molecule has 0 rings (SSSR count). The van der Waals surface area contributed by atoms with Gasteiger partial charge in [-0.1, -0.05) is 226 Å². The third-order valence-electron chi connectivity index (χ3n) is 10.6. The predicted molar refractivity (Wildman–Crippen MR) is 224 cm³/mol. The zero-order valence-corrected chi connectivity index (χ0v) is 35.8. The van der Waals surface area contributed by atoms with Crippen LogP contribution in [0.1, 0.15) is 265 Å². The second-order valence-electron chi connectivity index (χ2n) is 16.0. The largest absolute Gasteiger partial charge is 0.462 e. The molecule has 53 heavy (non-hydrogen) atoms. The summed E-state index contributed by atoms with van der Waals surface area (Å²) in [6.07, 6.45) is 44.0. The number of unbranched alkanes of at least 4 members (excludes halogenated alkanes) is 32. The quantitative estimate of drug-likeness (QED) is 0.0351. The normalized spacial score (nSPS) is 11.8. The highest BCUT2D eigenvalue weighted by atomic mass is 16.6. The van der Waals surface area contributed by atoms with E-state index in [0.29, 0.717) is 19.3 Å². The van der Waals surface area contributed by atoms with Crippen LogP contribution in [0.2, 0.25) is 0 Å². The summed E-state index contributed by atoms with van der Waals surface area (Å²) in [4.78, 5) is 37.5. The lowest BCUT2D eigenvalue weighted by Gasteiger charge is -2.18. The van der Waals surface area contributed by atoms with E-state index in [2.05, 4.69) is 20.8 Å². The molecule has 0 heterocycles. The summed E-state index contributed by atoms with van der Waals surface area (Å²) in [5.74, 6) is -0.864. The average Bonchev–Trinajstić information content (AvgIpc) is 3.15. The number of ether oxygens (including phenoxy) is 3. The highest BCUT2D eigenvalue weighted by Gasteiger charge is 2.19. The monoisotopic (exact) mass is 751 g/mol. The van der Waals surface area contributed by atoms with E-state index in [1.165, 1.54) is 161 Å². The second-order valence-corrected chi connectivity index (χ2v) is 16.0. The minimum absolute atomic E-state index is 0.0641. The molecule has 314 valence electrons. The molecule has 0 amide bonds. The Bertz CT molecular complexity index is 783. The number of carbonyl (C=O) groups excluding carboxylic acids is 3. The zero-order chi connectivity index (χ0) is 38.7. The molecule has 1 atom stereocenters. The first kappa shape index (κ1) is 51.4. The van der Waals surface area contributed by atoms with Crippen LogP contribution in [0.4, 0.5) is 0 Å². The molecule has 6 nitrogen and oxygen atoms in total. The summed E-state index contributed by atoms with van der Waals surface area (Å²) >= 11 is 0. The Morgan fingerprint density at radius 3 is 0.755 bits per heavy atom. The Morgan fingerprint density at radius 2 is 0.509 bits per heavy atom. The van der Waals surface area contributed by atoms with Gasteiger partial charge in [0.25, 0.3) is 0 Å². The van der Waals surface area contributed by atoms with Crippen LogP contribution < -0.4 is 0 Å². The van der Waals surface area contributed by atoms with Crippen LogP contribution in [-0.2, 0) is 28.6 Å². The molecule has 0 N–H and O–H groups in total. The summed E-state index contributed by atoms with van der Waals surface area (Å²) in [5.41, 5.74) is 0. The van der Waals surface area contributed by atoms with E-state index in [9.17, 15) is 14.4 Å². The van der Waals surface area contributed by atoms with Crippen molar-refractivity contribution >= 4 is 17.9 Å². The van der Waals surface area contributed by atoms with Gasteiger partial charge in [-0.25, -0.2) is 0 Å². The van der Waals surface area contributed by atoms with E-state index in [-0.39, 0.29) is 31.1 Å². The average molecular weight is 751 g/mol. The van der Waals surface area contributed by atoms with Gasteiger partial charge in [0, 0.05) is 19.3 Å². The van der Waals surface area contributed by atoms with Gasteiger partial charge in [-0.3, -0.25) is 14.4 Å². The predicted octanol–water partition coefficient (Wildman–Crippen LogP) is 14.9. The van der Waals surface area contributed by atoms with Gasteiger partial charge in [0.2, 0.25) is 0 Å². The van der Waals surface area contributed by atoms with Gasteiger partial charge < -0.3 is 14.2 Å². The summed E-state index contributed by atoms with van der Waals surface area (Å²) in [7, 11) is 0. The number of rotatable bonds is 43. The van der Waals surface area contributed by atoms with Crippen LogP contribution in [-0.4, -0.2) is 37.2 Å². The Hall–Kier alpha value is -1.59. The van der Waals surface area contributed by atoms with Crippen LogP contribution in [0.5, 0.6) is 0 Å². The standard InChI is InChI=1S/C47H90O6/c1-4-7-10-13-15-17-19-21-23-24-26-28-30-32-35-37-40-46(49)52-43-44(53-47(50)41-38-33-12-9-6-3)42-51-45(48)39-36-34-31-29-27-25-22-20-18-16-14-11-8-5-2/h44H,4-43H2,1-3H3/t44-/m0/s1. The van der Waals surface area contributed by atoms with Crippen molar-refractivity contribution in [3.05, 3.63) is 0 Å². The lowest BCUT2D eigenvalue weighted by Crippen LogP contribution is -2.30. The Balaban J connectivity index is 4.10. The van der Waals surface area contributed by atoms with Crippen molar-refractivity contribution in [2.45, 2.75) is 271 Å². The van der Waals surface area contributed by atoms with Crippen molar-refractivity contribution in [1.82, 2.24) is 0 Å². The van der Waals surface area contributed by atoms with Crippen molar-refractivity contribution in [3.63, 3.8) is 0 Å². The molecule has 0 aromatic carbocycles. The molecule has 0 aromatic heterocycles. The van der Waals surface area contributed by atoms with E-state index in [4.69, 9.17) is 14.2 Å². The van der Waals surface area contributed by atoms with Crippen molar-refractivity contribution in [3.8, 4) is 0 Å². The minimum Gasteiger partial charge on any atom is -0.462 e. The van der Waals surface area contributed by atoms with E-state index in [0.717, 1.165) is 64.2 Å². The molecule has 0 saturated carbocycles. The molecule has 0 unspecified atom stereocenters. The first-order chi connectivity index (χ1) is 26.0. The third-order valence-corrected chi connectivity index (χ3v) is 10.6. The summed E-state index contributed by atoms with van der Waals surface area (Å²) < 4.78 is 16.6. The molecule has 0 aliphatic carbocycles. The number of hydrogen-bond donors (Lipinski definition) is 0. The second kappa shape index (κ2) is 43.1. The van der Waals surface area contributed by atoms with Gasteiger partial charge in [0.05, 0.1) is 0 Å². The van der Waals surface area contributed by atoms with Crippen LogP contribution in [0.3, 0.4) is 0 Å². The molecule has 0 aromatic rings. The van der Waals surface area contributed by atoms with Crippen LogP contribution in [0, 0.1) is 0 Å². The minimum atomic E-state index is -0.756. The smallest absolute Gasteiger partial charge is 0.306 e. The fourth-order valence-corrected chi connectivity index (χ4v) is 7.03. The highest BCUT2D eigenvalue weighted by molar-refractivity contribution is 5.71. The molecule has 6 heteroatoms. The van der Waals surface area contributed by atoms with Crippen LogP contribution in [0.15, 0.2) is 0 Å². The fourth-order valence-electron chi connectivity index (χ4n) is 7.03. The first-order valence-electron chi connectivity index (χ1n) is 23.5. The van der Waals surface area contributed by atoms with Gasteiger partial charge in [-0.15, -0.1) is 0 Å². The number of hydrogen-bond acceptors (Lipinski definition) is 6. The van der Waals surface area contributed by atoms with Crippen molar-refractivity contribution in [1.29, 1.82) is 0 Å². The van der Waals surface area contributed by atoms with Gasteiger partial charge in [-0.05, 0) is 19.3 Å². The van der Waals surface area contributed by atoms with Crippen molar-refractivity contribution in [2.24, 2.45) is 0 Å². The Kier molecular flexibility index (Phi) is 41.8. The van der Waals surface area contributed by atoms with E-state index in [1.807, 2.05) is 0 Å². The molecule has 0 aliphatic heterocycles. The lowest BCUT2D eigenvalue weighted by atomic mass is 10.0. The molecule has 0 aliphatic rings. The number of esters is 3. The van der Waals surface area contributed by atoms with Crippen molar-refractivity contribution < 1.29 is 28.6 Å². The first-order valence-corrected chi connectivity index (χ1v) is 23.5. The summed E-state index contributed by atoms with van der Waals surface area (Å²) in [6, 6.07) is 0. The lowest BCUT2D eigenvalue weighted by molar-refractivity contribution is -0.167. The SMILES string of the molecule is CCCCCCCCCCCCCCCCCCC(=O)OC[C@H](COC(=O)CCCCCCCCCCCCCCCC)OC(=O)CCCCCCC. The molecule has 0 spiro atoms. The van der Waals surface area contributed by atoms with Gasteiger partial charge in [-0.2, -0.15) is 0 Å². The molecular weight excluding hydrogens is 661 g/mol. The maximum absolute atomic E-state index is 12.5. The maximum Gasteiger partial charge on any atom is 0.306 e. The molecule has 0 radical (unpaired) electrons. The van der Waals surface area contributed by atoms with Gasteiger partial charge in [0.15, 0.2) is 6.10 Å². The Morgan fingerprint density at radius 1 is 0.302 bits per heavy atom. The topological polar surface area (TPSA) is 78.9 Å². The highest BCUT2D eigenvalue weighted by Crippen LogP contribution is 2.16. The summed E-state index contributed by atoms with van der Waals surface area (Å²) in [6.45, 7) is 6.58. The van der Waals surface area contributed by atoms with Gasteiger partial charge in [0.1, 0.15) is 13.2 Å². The number of carbonyl (C=O) groups is 3. The van der Waals surface area contributed by atoms with Crippen molar-refractivity contribution in [2.75, 3.05) is 13.2 Å². The van der Waals surface area contributed by atoms with E-state index < -0.39 is 6.10 Å². The molecule has 0 saturated heterocycles. The fraction of sp³-hybridized carbons (Fsp3) is 0.936. The van der Waals surface area contributed by atoms with E-state index >= 15 is 0 Å². The molecular formula is C47H90O6. The van der Waals surface area contributed by atoms with Crippen LogP contribution in [0.25, 0.3) is 0 Å². The maximum atomic E-state index is 12.5. The van der Waals surface area contributed by atoms with Crippen LogP contribution >= 0.6 is 0 Å². The summed E-state index contributed by atoms with van der Waals surface area (Å²) in [5, 5.41) is 0. The van der Waals surface area contributed by atoms with E-state index in [1.54, 1.807) is 0 Å². The zero-order valence-electron chi connectivity index (χ0n) is 35.8.